The van der Waals surface area contributed by atoms with Gasteiger partial charge in [-0.05, 0) is 11.8 Å². The SMILES string of the molecule is C=C1SC(=O)NN=C1c1nccs1. The summed E-state index contributed by atoms with van der Waals surface area (Å²) in [6.07, 6.45) is 1.69. The average Bonchev–Trinajstić information content (AvgIpc) is 2.56. The smallest absolute Gasteiger partial charge is 0.260 e. The zero-order valence-corrected chi connectivity index (χ0v) is 8.11. The standard InChI is InChI=1S/C7H5N3OS2/c1-4-5(6-8-2-3-12-6)9-10-7(11)13-4/h2-3H,1H2,(H,10,11). The number of carbonyl (C=O) groups is 1. The molecule has 0 bridgehead atoms. The predicted octanol–water partition coefficient (Wildman–Crippen LogP) is 1.82. The molecule has 1 N–H and O–H groups in total. The van der Waals surface area contributed by atoms with Crippen LogP contribution in [0, 0.1) is 0 Å². The van der Waals surface area contributed by atoms with Gasteiger partial charge in [-0.3, -0.25) is 4.79 Å². The van der Waals surface area contributed by atoms with Crippen molar-refractivity contribution >= 4 is 34.0 Å². The third kappa shape index (κ3) is 1.63. The van der Waals surface area contributed by atoms with Crippen molar-refractivity contribution in [1.82, 2.24) is 10.4 Å². The van der Waals surface area contributed by atoms with E-state index in [1.807, 2.05) is 5.38 Å². The molecule has 0 saturated carbocycles. The third-order valence-corrected chi connectivity index (χ3v) is 2.87. The van der Waals surface area contributed by atoms with Gasteiger partial charge in [0.05, 0.1) is 0 Å². The number of thioether (sulfide) groups is 1. The van der Waals surface area contributed by atoms with Crippen molar-refractivity contribution in [2.24, 2.45) is 5.10 Å². The minimum absolute atomic E-state index is 0.203. The number of thiazole rings is 1. The Bertz CT molecular complexity index is 382. The van der Waals surface area contributed by atoms with E-state index in [1.54, 1.807) is 6.20 Å². The molecule has 0 radical (unpaired) electrons. The Labute approximate surface area is 82.8 Å². The summed E-state index contributed by atoms with van der Waals surface area (Å²) in [7, 11) is 0. The van der Waals surface area contributed by atoms with E-state index in [9.17, 15) is 4.79 Å². The van der Waals surface area contributed by atoms with Crippen molar-refractivity contribution in [3.63, 3.8) is 0 Å². The lowest BCUT2D eigenvalue weighted by Crippen LogP contribution is -2.22. The molecule has 0 aliphatic carbocycles. The van der Waals surface area contributed by atoms with Crippen LogP contribution in [0.5, 0.6) is 0 Å². The fourth-order valence-electron chi connectivity index (χ4n) is 0.854. The summed E-state index contributed by atoms with van der Waals surface area (Å²) in [6.45, 7) is 3.74. The second-order valence-corrected chi connectivity index (χ2v) is 4.18. The van der Waals surface area contributed by atoms with Crippen molar-refractivity contribution in [1.29, 1.82) is 0 Å². The van der Waals surface area contributed by atoms with Gasteiger partial charge in [0.1, 0.15) is 10.7 Å². The fraction of sp³-hybridized carbons (Fsp3) is 0. The zero-order chi connectivity index (χ0) is 9.26. The Morgan fingerprint density at radius 3 is 3.00 bits per heavy atom. The number of hydrogen-bond acceptors (Lipinski definition) is 5. The van der Waals surface area contributed by atoms with Crippen LogP contribution >= 0.6 is 23.1 Å². The molecule has 0 atom stereocenters. The van der Waals surface area contributed by atoms with Crippen LogP contribution in [0.1, 0.15) is 5.01 Å². The van der Waals surface area contributed by atoms with Crippen LogP contribution in [-0.4, -0.2) is 15.9 Å². The van der Waals surface area contributed by atoms with Gasteiger partial charge in [-0.2, -0.15) is 5.10 Å². The van der Waals surface area contributed by atoms with Gasteiger partial charge in [0.25, 0.3) is 0 Å². The van der Waals surface area contributed by atoms with E-state index >= 15 is 0 Å². The van der Waals surface area contributed by atoms with Crippen molar-refractivity contribution in [3.05, 3.63) is 28.1 Å². The Kier molecular flexibility index (Phi) is 2.15. The van der Waals surface area contributed by atoms with Gasteiger partial charge in [0.2, 0.25) is 0 Å². The Hall–Kier alpha value is -1.14. The molecule has 1 aliphatic heterocycles. The predicted molar refractivity (Wildman–Crippen MR) is 53.9 cm³/mol. The van der Waals surface area contributed by atoms with E-state index in [0.717, 1.165) is 16.8 Å². The van der Waals surface area contributed by atoms with Crippen molar-refractivity contribution < 1.29 is 4.79 Å². The van der Waals surface area contributed by atoms with Gasteiger partial charge < -0.3 is 0 Å². The molecular weight excluding hydrogens is 206 g/mol. The first-order valence-corrected chi connectivity index (χ1v) is 5.11. The minimum Gasteiger partial charge on any atom is -0.260 e. The molecule has 1 amide bonds. The highest BCUT2D eigenvalue weighted by Crippen LogP contribution is 2.24. The first-order valence-electron chi connectivity index (χ1n) is 3.42. The molecule has 0 unspecified atom stereocenters. The number of amides is 1. The summed E-state index contributed by atoms with van der Waals surface area (Å²) in [6, 6.07) is 0. The fourth-order valence-corrected chi connectivity index (χ4v) is 2.13. The van der Waals surface area contributed by atoms with E-state index in [1.165, 1.54) is 11.3 Å². The molecule has 66 valence electrons. The Balaban J connectivity index is 2.35. The lowest BCUT2D eigenvalue weighted by Gasteiger charge is -2.10. The van der Waals surface area contributed by atoms with E-state index in [-0.39, 0.29) is 5.24 Å². The highest BCUT2D eigenvalue weighted by atomic mass is 32.2. The quantitative estimate of drug-likeness (QED) is 0.770. The second-order valence-electron chi connectivity index (χ2n) is 2.22. The summed E-state index contributed by atoms with van der Waals surface area (Å²) in [4.78, 5) is 15.6. The average molecular weight is 211 g/mol. The van der Waals surface area contributed by atoms with Crippen molar-refractivity contribution in [2.75, 3.05) is 0 Å². The topological polar surface area (TPSA) is 54.4 Å². The van der Waals surface area contributed by atoms with Gasteiger partial charge in [0, 0.05) is 16.5 Å². The maximum atomic E-state index is 10.9. The molecule has 0 aromatic carbocycles. The second kappa shape index (κ2) is 3.31. The molecule has 1 aromatic heterocycles. The van der Waals surface area contributed by atoms with Gasteiger partial charge in [-0.25, -0.2) is 10.4 Å². The van der Waals surface area contributed by atoms with E-state index in [4.69, 9.17) is 0 Å². The number of carbonyl (C=O) groups excluding carboxylic acids is 1. The summed E-state index contributed by atoms with van der Waals surface area (Å²) in [5.41, 5.74) is 3.02. The molecule has 0 fully saturated rings. The van der Waals surface area contributed by atoms with E-state index in [2.05, 4.69) is 22.1 Å². The highest BCUT2D eigenvalue weighted by molar-refractivity contribution is 8.17. The Morgan fingerprint density at radius 1 is 1.54 bits per heavy atom. The summed E-state index contributed by atoms with van der Waals surface area (Å²) in [5.74, 6) is 0. The van der Waals surface area contributed by atoms with Crippen molar-refractivity contribution in [3.8, 4) is 0 Å². The molecule has 0 saturated heterocycles. The van der Waals surface area contributed by atoms with Gasteiger partial charge >= 0.3 is 5.24 Å². The number of hydrogen-bond donors (Lipinski definition) is 1. The number of nitrogens with one attached hydrogen (secondary N) is 1. The largest absolute Gasteiger partial charge is 0.304 e. The monoisotopic (exact) mass is 211 g/mol. The van der Waals surface area contributed by atoms with Crippen LogP contribution in [-0.2, 0) is 0 Å². The molecule has 2 heterocycles. The van der Waals surface area contributed by atoms with E-state index < -0.39 is 0 Å². The first kappa shape index (κ1) is 8.46. The first-order chi connectivity index (χ1) is 6.27. The Morgan fingerprint density at radius 2 is 2.38 bits per heavy atom. The number of rotatable bonds is 1. The molecular formula is C7H5N3OS2. The maximum Gasteiger partial charge on any atom is 0.304 e. The maximum absolute atomic E-state index is 10.9. The molecule has 1 aromatic rings. The number of nitrogens with zero attached hydrogens (tertiary/aromatic N) is 2. The molecule has 2 rings (SSSR count). The lowest BCUT2D eigenvalue weighted by molar-refractivity contribution is 0.261. The van der Waals surface area contributed by atoms with Crippen LogP contribution in [0.25, 0.3) is 0 Å². The number of allylic oxidation sites excluding steroid dienone is 1. The zero-order valence-electron chi connectivity index (χ0n) is 6.48. The van der Waals surface area contributed by atoms with Crippen LogP contribution < -0.4 is 5.43 Å². The van der Waals surface area contributed by atoms with Crippen molar-refractivity contribution in [2.45, 2.75) is 0 Å². The molecule has 1 aliphatic rings. The summed E-state index contributed by atoms with van der Waals surface area (Å²) < 4.78 is 0. The normalized spacial score (nSPS) is 16.8. The lowest BCUT2D eigenvalue weighted by atomic mass is 10.4. The number of hydrazone groups is 1. The van der Waals surface area contributed by atoms with Crippen LogP contribution in [0.4, 0.5) is 4.79 Å². The minimum atomic E-state index is -0.203. The van der Waals surface area contributed by atoms with Gasteiger partial charge in [-0.15, -0.1) is 11.3 Å². The molecule has 4 nitrogen and oxygen atoms in total. The molecule has 6 heteroatoms. The summed E-state index contributed by atoms with van der Waals surface area (Å²) in [5, 5.41) is 6.30. The van der Waals surface area contributed by atoms with Gasteiger partial charge in [-0.1, -0.05) is 6.58 Å². The highest BCUT2D eigenvalue weighted by Gasteiger charge is 2.19. The van der Waals surface area contributed by atoms with Crippen LogP contribution in [0.15, 0.2) is 28.2 Å². The number of aromatic nitrogens is 1. The van der Waals surface area contributed by atoms with Crippen LogP contribution in [0.2, 0.25) is 0 Å². The van der Waals surface area contributed by atoms with E-state index in [0.29, 0.717) is 10.6 Å². The molecule has 13 heavy (non-hydrogen) atoms. The summed E-state index contributed by atoms with van der Waals surface area (Å²) >= 11 is 2.51. The van der Waals surface area contributed by atoms with Crippen LogP contribution in [0.3, 0.4) is 0 Å². The third-order valence-electron chi connectivity index (χ3n) is 1.37. The molecule has 0 spiro atoms. The van der Waals surface area contributed by atoms with Gasteiger partial charge in [0.15, 0.2) is 0 Å².